The SMILES string of the molecule is COC(=O)Cc1cc(Br)c(Oc2cc(C(C)C)c(OC)cc2C(=O)c2cc(F)cc(F)c2)c(Br)c1. The van der Waals surface area contributed by atoms with Crippen LogP contribution in [-0.4, -0.2) is 26.0 Å². The lowest BCUT2D eigenvalue weighted by atomic mass is 9.95. The number of benzene rings is 3. The van der Waals surface area contributed by atoms with Gasteiger partial charge >= 0.3 is 5.97 Å². The van der Waals surface area contributed by atoms with Crippen molar-refractivity contribution in [1.82, 2.24) is 0 Å². The third-order valence-corrected chi connectivity index (χ3v) is 6.35. The van der Waals surface area contributed by atoms with Gasteiger partial charge < -0.3 is 14.2 Å². The molecule has 3 aromatic rings. The van der Waals surface area contributed by atoms with Crippen LogP contribution in [0.3, 0.4) is 0 Å². The van der Waals surface area contributed by atoms with Gasteiger partial charge in [-0.05, 0) is 79.7 Å². The van der Waals surface area contributed by atoms with E-state index in [4.69, 9.17) is 14.2 Å². The van der Waals surface area contributed by atoms with Gasteiger partial charge in [0.15, 0.2) is 11.5 Å². The molecule has 9 heteroatoms. The van der Waals surface area contributed by atoms with Gasteiger partial charge in [-0.25, -0.2) is 8.78 Å². The van der Waals surface area contributed by atoms with Crippen LogP contribution in [0.5, 0.6) is 17.2 Å². The molecule has 0 N–H and O–H groups in total. The Balaban J connectivity index is 2.14. The molecule has 0 atom stereocenters. The van der Waals surface area contributed by atoms with E-state index in [1.165, 1.54) is 20.3 Å². The smallest absolute Gasteiger partial charge is 0.309 e. The molecule has 0 saturated heterocycles. The maximum absolute atomic E-state index is 13.8. The third kappa shape index (κ3) is 6.27. The minimum atomic E-state index is -0.867. The van der Waals surface area contributed by atoms with Crippen molar-refractivity contribution in [2.24, 2.45) is 0 Å². The Morgan fingerprint density at radius 2 is 1.49 bits per heavy atom. The molecule has 0 amide bonds. The Labute approximate surface area is 218 Å². The summed E-state index contributed by atoms with van der Waals surface area (Å²) in [5, 5.41) is 0. The van der Waals surface area contributed by atoms with Gasteiger partial charge in [-0.1, -0.05) is 13.8 Å². The molecular weight excluding hydrogens is 590 g/mol. The Morgan fingerprint density at radius 3 is 2.00 bits per heavy atom. The van der Waals surface area contributed by atoms with E-state index < -0.39 is 23.4 Å². The van der Waals surface area contributed by atoms with Crippen LogP contribution in [0.25, 0.3) is 0 Å². The summed E-state index contributed by atoms with van der Waals surface area (Å²) >= 11 is 6.91. The van der Waals surface area contributed by atoms with E-state index in [-0.39, 0.29) is 29.2 Å². The lowest BCUT2D eigenvalue weighted by Crippen LogP contribution is -2.08. The topological polar surface area (TPSA) is 61.8 Å². The van der Waals surface area contributed by atoms with Gasteiger partial charge in [0.25, 0.3) is 0 Å². The van der Waals surface area contributed by atoms with Crippen molar-refractivity contribution in [3.63, 3.8) is 0 Å². The van der Waals surface area contributed by atoms with Gasteiger partial charge in [-0.15, -0.1) is 0 Å². The third-order valence-electron chi connectivity index (χ3n) is 5.17. The number of ketones is 1. The Kier molecular flexibility index (Phi) is 8.66. The van der Waals surface area contributed by atoms with Crippen molar-refractivity contribution >= 4 is 43.6 Å². The molecule has 184 valence electrons. The molecule has 0 fully saturated rings. The summed E-state index contributed by atoms with van der Waals surface area (Å²) in [5.74, 6) is -1.78. The summed E-state index contributed by atoms with van der Waals surface area (Å²) in [5.41, 5.74) is 1.35. The van der Waals surface area contributed by atoms with E-state index in [1.807, 2.05) is 13.8 Å². The summed E-state index contributed by atoms with van der Waals surface area (Å²) in [4.78, 5) is 25.0. The number of carbonyl (C=O) groups is 2. The molecule has 0 unspecified atom stereocenters. The quantitative estimate of drug-likeness (QED) is 0.197. The van der Waals surface area contributed by atoms with Crippen LogP contribution in [0.2, 0.25) is 0 Å². The number of esters is 1. The molecule has 0 aliphatic heterocycles. The molecule has 0 aliphatic carbocycles. The normalized spacial score (nSPS) is 10.9. The number of carbonyl (C=O) groups excluding carboxylic acids is 2. The fourth-order valence-corrected chi connectivity index (χ4v) is 4.91. The second-order valence-corrected chi connectivity index (χ2v) is 9.68. The fourth-order valence-electron chi connectivity index (χ4n) is 3.47. The molecular formula is C26H22Br2F2O5. The highest BCUT2D eigenvalue weighted by atomic mass is 79.9. The first kappa shape index (κ1) is 26.8. The molecule has 3 rings (SSSR count). The standard InChI is InChI=1S/C26H22Br2F2O5/c1-13(2)18-11-23(35-26-20(27)5-14(6-21(26)28)7-24(31)34-4)19(12-22(18)33-3)25(32)15-8-16(29)10-17(30)9-15/h5-6,8-13H,7H2,1-4H3. The monoisotopic (exact) mass is 610 g/mol. The van der Waals surface area contributed by atoms with Crippen molar-refractivity contribution in [3.05, 3.63) is 85.3 Å². The average Bonchev–Trinajstić information content (AvgIpc) is 2.79. The molecule has 0 spiro atoms. The molecule has 0 aromatic heterocycles. The number of ether oxygens (including phenoxy) is 3. The van der Waals surface area contributed by atoms with Crippen LogP contribution in [0.4, 0.5) is 8.78 Å². The number of halogens is 4. The zero-order valence-corrected chi connectivity index (χ0v) is 22.6. The van der Waals surface area contributed by atoms with Gasteiger partial charge in [-0.3, -0.25) is 9.59 Å². The van der Waals surface area contributed by atoms with E-state index in [0.29, 0.717) is 32.1 Å². The van der Waals surface area contributed by atoms with E-state index >= 15 is 0 Å². The first-order valence-electron chi connectivity index (χ1n) is 10.5. The first-order valence-corrected chi connectivity index (χ1v) is 12.1. The first-order chi connectivity index (χ1) is 16.5. The van der Waals surface area contributed by atoms with Gasteiger partial charge in [0, 0.05) is 17.2 Å². The molecule has 5 nitrogen and oxygen atoms in total. The fraction of sp³-hybridized carbons (Fsp3) is 0.231. The lowest BCUT2D eigenvalue weighted by Gasteiger charge is -2.19. The summed E-state index contributed by atoms with van der Waals surface area (Å²) in [6.45, 7) is 3.91. The predicted octanol–water partition coefficient (Wildman–Crippen LogP) is 7.36. The van der Waals surface area contributed by atoms with Crippen LogP contribution in [0.1, 0.15) is 46.8 Å². The van der Waals surface area contributed by atoms with Crippen LogP contribution in [0.15, 0.2) is 51.4 Å². The highest BCUT2D eigenvalue weighted by molar-refractivity contribution is 9.11. The average molecular weight is 612 g/mol. The second-order valence-electron chi connectivity index (χ2n) is 7.98. The molecule has 0 radical (unpaired) electrons. The molecule has 0 saturated carbocycles. The van der Waals surface area contributed by atoms with Crippen LogP contribution >= 0.6 is 31.9 Å². The summed E-state index contributed by atoms with van der Waals surface area (Å²) in [6, 6.07) is 9.20. The van der Waals surface area contributed by atoms with Crippen molar-refractivity contribution in [2.75, 3.05) is 14.2 Å². The molecule has 35 heavy (non-hydrogen) atoms. The van der Waals surface area contributed by atoms with Crippen LogP contribution in [-0.2, 0) is 16.0 Å². The highest BCUT2D eigenvalue weighted by Gasteiger charge is 2.23. The van der Waals surface area contributed by atoms with Gasteiger partial charge in [0.05, 0.1) is 35.1 Å². The summed E-state index contributed by atoms with van der Waals surface area (Å²) in [7, 11) is 2.79. The Bertz CT molecular complexity index is 1250. The minimum Gasteiger partial charge on any atom is -0.496 e. The van der Waals surface area contributed by atoms with Crippen LogP contribution < -0.4 is 9.47 Å². The van der Waals surface area contributed by atoms with Gasteiger partial charge in [0.2, 0.25) is 0 Å². The lowest BCUT2D eigenvalue weighted by molar-refractivity contribution is -0.139. The molecule has 3 aromatic carbocycles. The Hall–Kier alpha value is -2.78. The maximum atomic E-state index is 13.8. The van der Waals surface area contributed by atoms with Crippen LogP contribution in [0, 0.1) is 11.6 Å². The minimum absolute atomic E-state index is 0.0254. The zero-order chi connectivity index (χ0) is 25.9. The molecule has 0 bridgehead atoms. The van der Waals surface area contributed by atoms with Gasteiger partial charge in [-0.2, -0.15) is 0 Å². The number of hydrogen-bond donors (Lipinski definition) is 0. The summed E-state index contributed by atoms with van der Waals surface area (Å²) in [6.07, 6.45) is 0.0584. The largest absolute Gasteiger partial charge is 0.496 e. The van der Waals surface area contributed by atoms with Crippen molar-refractivity contribution < 1.29 is 32.6 Å². The van der Waals surface area contributed by atoms with E-state index in [2.05, 4.69) is 31.9 Å². The predicted molar refractivity (Wildman–Crippen MR) is 135 cm³/mol. The van der Waals surface area contributed by atoms with E-state index in [0.717, 1.165) is 17.7 Å². The molecule has 0 aliphatic rings. The molecule has 0 heterocycles. The van der Waals surface area contributed by atoms with Crippen molar-refractivity contribution in [2.45, 2.75) is 26.2 Å². The number of hydrogen-bond acceptors (Lipinski definition) is 5. The van der Waals surface area contributed by atoms with E-state index in [1.54, 1.807) is 18.2 Å². The second kappa shape index (κ2) is 11.3. The maximum Gasteiger partial charge on any atom is 0.309 e. The number of rotatable bonds is 8. The number of methoxy groups -OCH3 is 2. The van der Waals surface area contributed by atoms with E-state index in [9.17, 15) is 18.4 Å². The summed E-state index contributed by atoms with van der Waals surface area (Å²) < 4.78 is 45.1. The Morgan fingerprint density at radius 1 is 0.886 bits per heavy atom. The highest BCUT2D eigenvalue weighted by Crippen LogP contribution is 2.42. The van der Waals surface area contributed by atoms with Crippen molar-refractivity contribution in [1.29, 1.82) is 0 Å². The van der Waals surface area contributed by atoms with Gasteiger partial charge in [0.1, 0.15) is 23.1 Å². The van der Waals surface area contributed by atoms with Crippen molar-refractivity contribution in [3.8, 4) is 17.2 Å². The zero-order valence-electron chi connectivity index (χ0n) is 19.4.